The van der Waals surface area contributed by atoms with Crippen LogP contribution in [0.2, 0.25) is 0 Å². The quantitative estimate of drug-likeness (QED) is 0.905. The van der Waals surface area contributed by atoms with Crippen LogP contribution >= 0.6 is 0 Å². The fourth-order valence-corrected chi connectivity index (χ4v) is 3.47. The lowest BCUT2D eigenvalue weighted by molar-refractivity contribution is 0.385. The van der Waals surface area contributed by atoms with Crippen LogP contribution in [0.25, 0.3) is 0 Å². The van der Waals surface area contributed by atoms with Crippen LogP contribution in [0.3, 0.4) is 0 Å². The highest BCUT2D eigenvalue weighted by atomic mass is 19.1. The summed E-state index contributed by atoms with van der Waals surface area (Å²) in [4.78, 5) is 18.4. The molecule has 3 rings (SSSR count). The van der Waals surface area contributed by atoms with E-state index in [0.717, 1.165) is 31.4 Å². The molecule has 6 nitrogen and oxygen atoms in total. The smallest absolute Gasteiger partial charge is 0.269 e. The second kappa shape index (κ2) is 5.96. The minimum Gasteiger partial charge on any atom is -0.481 e. The Morgan fingerprint density at radius 2 is 2.12 bits per heavy atom. The third-order valence-electron chi connectivity index (χ3n) is 4.45. The zero-order valence-electron chi connectivity index (χ0n) is 14.4. The van der Waals surface area contributed by atoms with Gasteiger partial charge in [-0.3, -0.25) is 15.0 Å². The molecule has 1 fully saturated rings. The van der Waals surface area contributed by atoms with Crippen molar-refractivity contribution in [3.63, 3.8) is 0 Å². The SMILES string of the molecule is COc1ncc(F)cc1C1CCCN1c1[nH][nH]c(=O)c1C(C)(C)C. The van der Waals surface area contributed by atoms with Crippen molar-refractivity contribution >= 4 is 5.82 Å². The van der Waals surface area contributed by atoms with Crippen molar-refractivity contribution in [2.45, 2.75) is 45.1 Å². The lowest BCUT2D eigenvalue weighted by atomic mass is 9.88. The van der Waals surface area contributed by atoms with Crippen molar-refractivity contribution in [1.29, 1.82) is 0 Å². The molecule has 24 heavy (non-hydrogen) atoms. The molecular weight excluding hydrogens is 311 g/mol. The lowest BCUT2D eigenvalue weighted by Gasteiger charge is -2.29. The maximum Gasteiger partial charge on any atom is 0.269 e. The number of nitrogens with one attached hydrogen (secondary N) is 2. The number of pyridine rings is 1. The van der Waals surface area contributed by atoms with E-state index in [1.54, 1.807) is 0 Å². The Bertz CT molecular complexity index is 791. The van der Waals surface area contributed by atoms with Crippen LogP contribution in [0.5, 0.6) is 5.88 Å². The van der Waals surface area contributed by atoms with Gasteiger partial charge in [-0.1, -0.05) is 20.8 Å². The molecule has 1 aliphatic rings. The Morgan fingerprint density at radius 3 is 2.79 bits per heavy atom. The molecule has 0 amide bonds. The van der Waals surface area contributed by atoms with E-state index in [9.17, 15) is 9.18 Å². The van der Waals surface area contributed by atoms with Gasteiger partial charge in [0.1, 0.15) is 11.6 Å². The summed E-state index contributed by atoms with van der Waals surface area (Å²) in [5.41, 5.74) is 0.988. The standard InChI is InChI=1S/C17H23FN4O2/c1-17(2,3)13-14(20-21-15(13)23)22-7-5-6-12(22)11-8-10(18)9-19-16(11)24-4/h8-9,12H,5-7H2,1-4H3,(H2,20,21,23). The first-order valence-corrected chi connectivity index (χ1v) is 8.10. The summed E-state index contributed by atoms with van der Waals surface area (Å²) in [5.74, 6) is 0.793. The molecule has 0 bridgehead atoms. The number of aromatic nitrogens is 3. The average Bonchev–Trinajstić information content (AvgIpc) is 3.12. The van der Waals surface area contributed by atoms with Crippen LogP contribution in [-0.2, 0) is 5.41 Å². The van der Waals surface area contributed by atoms with Crippen molar-refractivity contribution in [2.75, 3.05) is 18.6 Å². The first-order valence-electron chi connectivity index (χ1n) is 8.10. The lowest BCUT2D eigenvalue weighted by Crippen LogP contribution is -2.29. The third-order valence-corrected chi connectivity index (χ3v) is 4.45. The first-order chi connectivity index (χ1) is 11.3. The minimum absolute atomic E-state index is 0.0873. The number of halogens is 1. The number of nitrogens with zero attached hydrogens (tertiary/aromatic N) is 2. The summed E-state index contributed by atoms with van der Waals surface area (Å²) in [7, 11) is 1.53. The Balaban J connectivity index is 2.08. The van der Waals surface area contributed by atoms with E-state index in [0.29, 0.717) is 17.0 Å². The molecule has 0 radical (unpaired) electrons. The van der Waals surface area contributed by atoms with Gasteiger partial charge >= 0.3 is 0 Å². The number of H-pyrrole nitrogens is 2. The highest BCUT2D eigenvalue weighted by molar-refractivity contribution is 5.53. The molecule has 2 aromatic heterocycles. The summed E-state index contributed by atoms with van der Waals surface area (Å²) in [6, 6.07) is 1.38. The van der Waals surface area contributed by atoms with Crippen LogP contribution in [0.15, 0.2) is 17.1 Å². The van der Waals surface area contributed by atoms with Gasteiger partial charge in [-0.15, -0.1) is 0 Å². The highest BCUT2D eigenvalue weighted by Crippen LogP contribution is 2.41. The molecule has 7 heteroatoms. The van der Waals surface area contributed by atoms with Gasteiger partial charge in [0.2, 0.25) is 5.88 Å². The molecule has 3 heterocycles. The Morgan fingerprint density at radius 1 is 1.38 bits per heavy atom. The van der Waals surface area contributed by atoms with Crippen molar-refractivity contribution in [3.05, 3.63) is 39.6 Å². The number of aromatic amines is 2. The summed E-state index contributed by atoms with van der Waals surface area (Å²) >= 11 is 0. The van der Waals surface area contributed by atoms with Gasteiger partial charge in [-0.05, 0) is 24.3 Å². The highest BCUT2D eigenvalue weighted by Gasteiger charge is 2.35. The van der Waals surface area contributed by atoms with Gasteiger partial charge in [-0.25, -0.2) is 9.37 Å². The molecule has 1 saturated heterocycles. The van der Waals surface area contributed by atoms with Crippen molar-refractivity contribution in [3.8, 4) is 5.88 Å². The van der Waals surface area contributed by atoms with Crippen LogP contribution in [0.1, 0.15) is 50.8 Å². The summed E-state index contributed by atoms with van der Waals surface area (Å²) in [6.07, 6.45) is 2.94. The average molecular weight is 334 g/mol. The predicted octanol–water partition coefficient (Wildman–Crippen LogP) is 2.88. The fourth-order valence-electron chi connectivity index (χ4n) is 3.47. The third kappa shape index (κ3) is 2.79. The number of anilines is 1. The molecule has 2 aromatic rings. The van der Waals surface area contributed by atoms with E-state index in [2.05, 4.69) is 20.1 Å². The number of hydrogen-bond acceptors (Lipinski definition) is 4. The van der Waals surface area contributed by atoms with Crippen molar-refractivity contribution in [1.82, 2.24) is 15.2 Å². The topological polar surface area (TPSA) is 74.0 Å². The molecule has 2 N–H and O–H groups in total. The molecule has 0 saturated carbocycles. The normalized spacial score (nSPS) is 18.2. The Hall–Kier alpha value is -2.31. The van der Waals surface area contributed by atoms with E-state index in [4.69, 9.17) is 4.74 Å². The number of methoxy groups -OCH3 is 1. The molecule has 1 atom stereocenters. The summed E-state index contributed by atoms with van der Waals surface area (Å²) in [6.45, 7) is 6.79. The van der Waals surface area contributed by atoms with Gasteiger partial charge in [0.15, 0.2) is 0 Å². The van der Waals surface area contributed by atoms with E-state index in [1.807, 2.05) is 20.8 Å². The fraction of sp³-hybridized carbons (Fsp3) is 0.529. The number of hydrogen-bond donors (Lipinski definition) is 2. The summed E-state index contributed by atoms with van der Waals surface area (Å²) < 4.78 is 19.1. The molecule has 130 valence electrons. The maximum atomic E-state index is 13.7. The summed E-state index contributed by atoms with van der Waals surface area (Å²) in [5, 5.41) is 5.70. The molecule has 0 spiro atoms. The van der Waals surface area contributed by atoms with Crippen molar-refractivity contribution < 1.29 is 9.13 Å². The van der Waals surface area contributed by atoms with Gasteiger partial charge in [0.05, 0.1) is 24.9 Å². The number of rotatable bonds is 3. The van der Waals surface area contributed by atoms with Crippen molar-refractivity contribution in [2.24, 2.45) is 0 Å². The molecule has 0 aliphatic carbocycles. The van der Waals surface area contributed by atoms with Crippen LogP contribution < -0.4 is 15.2 Å². The van der Waals surface area contributed by atoms with Gasteiger partial charge in [0, 0.05) is 12.1 Å². The van der Waals surface area contributed by atoms with E-state index < -0.39 is 5.82 Å². The minimum atomic E-state index is -0.392. The van der Waals surface area contributed by atoms with Crippen LogP contribution in [-0.4, -0.2) is 28.8 Å². The molecular formula is C17H23FN4O2. The number of ether oxygens (including phenoxy) is 1. The van der Waals surface area contributed by atoms with Gasteiger partial charge in [-0.2, -0.15) is 0 Å². The van der Waals surface area contributed by atoms with E-state index in [-0.39, 0.29) is 17.0 Å². The largest absolute Gasteiger partial charge is 0.481 e. The molecule has 1 aliphatic heterocycles. The zero-order chi connectivity index (χ0) is 17.5. The van der Waals surface area contributed by atoms with Gasteiger partial charge < -0.3 is 9.64 Å². The van der Waals surface area contributed by atoms with Gasteiger partial charge in [0.25, 0.3) is 5.56 Å². The molecule has 0 aromatic carbocycles. The second-order valence-corrected chi connectivity index (χ2v) is 7.16. The Labute approximate surface area is 140 Å². The maximum absolute atomic E-state index is 13.7. The molecule has 1 unspecified atom stereocenters. The van der Waals surface area contributed by atoms with Crippen LogP contribution in [0.4, 0.5) is 10.2 Å². The first kappa shape index (κ1) is 16.5. The second-order valence-electron chi connectivity index (χ2n) is 7.16. The van der Waals surface area contributed by atoms with E-state index >= 15 is 0 Å². The monoisotopic (exact) mass is 334 g/mol. The van der Waals surface area contributed by atoms with Crippen LogP contribution in [0, 0.1) is 5.82 Å². The predicted molar refractivity (Wildman–Crippen MR) is 90.2 cm³/mol. The zero-order valence-corrected chi connectivity index (χ0v) is 14.4. The Kier molecular flexibility index (Phi) is 4.11. The van der Waals surface area contributed by atoms with E-state index in [1.165, 1.54) is 13.2 Å².